The van der Waals surface area contributed by atoms with Gasteiger partial charge in [-0.15, -0.1) is 4.98 Å². The molecule has 0 atom stereocenters. The Labute approximate surface area is 143 Å². The Hall–Kier alpha value is -3.34. The number of rotatable bonds is 3. The molecule has 0 aliphatic carbocycles. The van der Waals surface area contributed by atoms with E-state index in [-0.39, 0.29) is 17.2 Å². The van der Waals surface area contributed by atoms with Gasteiger partial charge in [-0.3, -0.25) is 10.1 Å². The lowest BCUT2D eigenvalue weighted by atomic mass is 10.1. The number of nitrogens with one attached hydrogen (secondary N) is 1. The molecule has 0 bridgehead atoms. The van der Waals surface area contributed by atoms with E-state index in [2.05, 4.69) is 20.1 Å². The Kier molecular flexibility index (Phi) is 5.08. The van der Waals surface area contributed by atoms with Crippen molar-refractivity contribution in [1.82, 2.24) is 9.97 Å². The van der Waals surface area contributed by atoms with Crippen molar-refractivity contribution in [3.8, 4) is 0 Å². The van der Waals surface area contributed by atoms with Crippen LogP contribution in [0.15, 0.2) is 30.5 Å². The lowest BCUT2D eigenvalue weighted by molar-refractivity contribution is 0.0636. The summed E-state index contributed by atoms with van der Waals surface area (Å²) in [6.07, 6.45) is 0.455. The van der Waals surface area contributed by atoms with Gasteiger partial charge in [0.25, 0.3) is 11.6 Å². The molecule has 1 amide bonds. The third-order valence-electron chi connectivity index (χ3n) is 2.82. The van der Waals surface area contributed by atoms with Crippen molar-refractivity contribution in [1.29, 1.82) is 0 Å². The van der Waals surface area contributed by atoms with E-state index in [4.69, 9.17) is 11.3 Å². The highest BCUT2D eigenvalue weighted by Crippen LogP contribution is 2.22. The number of aromatic nitrogens is 2. The maximum Gasteiger partial charge on any atom is 0.412 e. The van der Waals surface area contributed by atoms with Crippen LogP contribution in [0.5, 0.6) is 0 Å². The van der Waals surface area contributed by atoms with E-state index in [1.165, 1.54) is 24.4 Å². The molecule has 2 aromatic heterocycles. The number of nitrogens with zero attached hydrogens (tertiary/aromatic N) is 3. The number of pyridine rings is 2. The van der Waals surface area contributed by atoms with Crippen LogP contribution in [0, 0.1) is 12.4 Å². The number of hydrogen-bond donors (Lipinski definition) is 1. The second-order valence-corrected chi connectivity index (χ2v) is 5.97. The van der Waals surface area contributed by atoms with E-state index in [9.17, 15) is 14.0 Å². The summed E-state index contributed by atoms with van der Waals surface area (Å²) in [6, 6.07) is 5.08. The van der Waals surface area contributed by atoms with Gasteiger partial charge in [-0.05, 0) is 45.0 Å². The topological polar surface area (TPSA) is 85.5 Å². The van der Waals surface area contributed by atoms with E-state index < -0.39 is 29.0 Å². The summed E-state index contributed by atoms with van der Waals surface area (Å²) in [5.41, 5.74) is -1.50. The van der Waals surface area contributed by atoms with Gasteiger partial charge < -0.3 is 9.58 Å². The molecule has 2 aromatic rings. The second-order valence-electron chi connectivity index (χ2n) is 5.97. The number of halogens is 1. The Bertz CT molecular complexity index is 869. The number of carbonyl (C=O) groups excluding carboxylic acids is 2. The van der Waals surface area contributed by atoms with Gasteiger partial charge in [0.2, 0.25) is 5.69 Å². The molecule has 0 spiro atoms. The molecule has 0 aromatic carbocycles. The highest BCUT2D eigenvalue weighted by atomic mass is 19.1. The molecule has 8 heteroatoms. The number of amides is 1. The molecular formula is C17H15FN4O3. The smallest absolute Gasteiger partial charge is 0.412 e. The van der Waals surface area contributed by atoms with Crippen LogP contribution < -0.4 is 5.32 Å². The molecule has 0 saturated heterocycles. The first-order valence-corrected chi connectivity index (χ1v) is 7.25. The summed E-state index contributed by atoms with van der Waals surface area (Å²) < 4.78 is 19.0. The molecule has 0 unspecified atom stereocenters. The Balaban J connectivity index is 2.42. The molecule has 1 N–H and O–H groups in total. The number of hydrogen-bond acceptors (Lipinski definition) is 5. The van der Waals surface area contributed by atoms with Crippen LogP contribution in [0.3, 0.4) is 0 Å². The standard InChI is InChI=1S/C17H15FN4O3/c1-17(2,3)25-16(24)21-11-7-8-12(19-4)22-14(11)15(23)13-10(18)6-5-9-20-13/h5-9H,1-3H3,(H,21,24). The van der Waals surface area contributed by atoms with Crippen LogP contribution in [0.1, 0.15) is 37.0 Å². The molecule has 0 aliphatic heterocycles. The molecule has 128 valence electrons. The predicted octanol–water partition coefficient (Wildman–Crippen LogP) is 3.74. The predicted molar refractivity (Wildman–Crippen MR) is 88.0 cm³/mol. The van der Waals surface area contributed by atoms with Crippen LogP contribution >= 0.6 is 0 Å². The molecule has 0 radical (unpaired) electrons. The van der Waals surface area contributed by atoms with Gasteiger partial charge in [0.1, 0.15) is 5.60 Å². The molecule has 0 aliphatic rings. The van der Waals surface area contributed by atoms with Gasteiger partial charge in [-0.1, -0.05) is 6.57 Å². The average molecular weight is 342 g/mol. The van der Waals surface area contributed by atoms with Crippen molar-refractivity contribution < 1.29 is 18.7 Å². The zero-order valence-corrected chi connectivity index (χ0v) is 13.8. The van der Waals surface area contributed by atoms with Gasteiger partial charge in [0, 0.05) is 6.20 Å². The van der Waals surface area contributed by atoms with Gasteiger partial charge in [-0.2, -0.15) is 0 Å². The van der Waals surface area contributed by atoms with Crippen molar-refractivity contribution in [2.45, 2.75) is 26.4 Å². The number of ketones is 1. The van der Waals surface area contributed by atoms with Crippen LogP contribution in [0.2, 0.25) is 0 Å². The summed E-state index contributed by atoms with van der Waals surface area (Å²) in [6.45, 7) is 12.1. The normalized spacial score (nSPS) is 10.7. The quantitative estimate of drug-likeness (QED) is 0.678. The second kappa shape index (κ2) is 7.05. The summed E-state index contributed by atoms with van der Waals surface area (Å²) >= 11 is 0. The fraction of sp³-hybridized carbons (Fsp3) is 0.235. The summed E-state index contributed by atoms with van der Waals surface area (Å²) in [5, 5.41) is 2.39. The van der Waals surface area contributed by atoms with Crippen molar-refractivity contribution in [2.75, 3.05) is 5.32 Å². The van der Waals surface area contributed by atoms with Crippen molar-refractivity contribution in [2.24, 2.45) is 0 Å². The zero-order valence-electron chi connectivity index (χ0n) is 13.8. The number of carbonyl (C=O) groups is 2. The average Bonchev–Trinajstić information content (AvgIpc) is 2.53. The molecular weight excluding hydrogens is 327 g/mol. The van der Waals surface area contributed by atoms with Crippen LogP contribution in [0.4, 0.5) is 20.7 Å². The Morgan fingerprint density at radius 2 is 1.96 bits per heavy atom. The minimum Gasteiger partial charge on any atom is -0.444 e. The van der Waals surface area contributed by atoms with Gasteiger partial charge in [0.15, 0.2) is 11.5 Å². The van der Waals surface area contributed by atoms with E-state index in [0.717, 1.165) is 6.07 Å². The number of ether oxygens (including phenoxy) is 1. The van der Waals surface area contributed by atoms with Gasteiger partial charge in [0.05, 0.1) is 5.69 Å². The summed E-state index contributed by atoms with van der Waals surface area (Å²) in [5.74, 6) is -1.75. The molecule has 2 rings (SSSR count). The minimum atomic E-state index is -0.852. The molecule has 2 heterocycles. The molecule has 0 saturated carbocycles. The first-order valence-electron chi connectivity index (χ1n) is 7.25. The van der Waals surface area contributed by atoms with E-state index in [0.29, 0.717) is 0 Å². The van der Waals surface area contributed by atoms with E-state index in [1.807, 2.05) is 0 Å². The highest BCUT2D eigenvalue weighted by molar-refractivity contribution is 6.11. The fourth-order valence-corrected chi connectivity index (χ4v) is 1.86. The van der Waals surface area contributed by atoms with Crippen LogP contribution in [-0.4, -0.2) is 27.4 Å². The lowest BCUT2D eigenvalue weighted by Gasteiger charge is -2.19. The summed E-state index contributed by atoms with van der Waals surface area (Å²) in [4.78, 5) is 35.2. The zero-order chi connectivity index (χ0) is 18.6. The Morgan fingerprint density at radius 1 is 1.24 bits per heavy atom. The van der Waals surface area contributed by atoms with Crippen LogP contribution in [0.25, 0.3) is 4.85 Å². The maximum atomic E-state index is 13.8. The molecule has 0 fully saturated rings. The molecule has 7 nitrogen and oxygen atoms in total. The molecule has 25 heavy (non-hydrogen) atoms. The highest BCUT2D eigenvalue weighted by Gasteiger charge is 2.26. The van der Waals surface area contributed by atoms with Crippen molar-refractivity contribution in [3.63, 3.8) is 0 Å². The lowest BCUT2D eigenvalue weighted by Crippen LogP contribution is -2.28. The fourth-order valence-electron chi connectivity index (χ4n) is 1.86. The maximum absolute atomic E-state index is 13.8. The summed E-state index contributed by atoms with van der Waals surface area (Å²) in [7, 11) is 0. The van der Waals surface area contributed by atoms with Gasteiger partial charge in [-0.25, -0.2) is 14.2 Å². The van der Waals surface area contributed by atoms with Gasteiger partial charge >= 0.3 is 6.09 Å². The third kappa shape index (κ3) is 4.57. The SMILES string of the molecule is [C-]#[N+]c1ccc(NC(=O)OC(C)(C)C)c(C(=O)c2ncccc2F)n1. The minimum absolute atomic E-state index is 0.00305. The largest absolute Gasteiger partial charge is 0.444 e. The third-order valence-corrected chi connectivity index (χ3v) is 2.82. The van der Waals surface area contributed by atoms with Crippen molar-refractivity contribution >= 4 is 23.4 Å². The first-order chi connectivity index (χ1) is 11.7. The van der Waals surface area contributed by atoms with Crippen molar-refractivity contribution in [3.05, 3.63) is 59.1 Å². The van der Waals surface area contributed by atoms with E-state index >= 15 is 0 Å². The van der Waals surface area contributed by atoms with E-state index in [1.54, 1.807) is 20.8 Å². The first kappa shape index (κ1) is 18.0. The monoisotopic (exact) mass is 342 g/mol. The Morgan fingerprint density at radius 3 is 2.56 bits per heavy atom. The number of anilines is 1. The van der Waals surface area contributed by atoms with Crippen LogP contribution in [-0.2, 0) is 4.74 Å².